The molecule has 5 nitrogen and oxygen atoms in total. The Bertz CT molecular complexity index is 351. The quantitative estimate of drug-likeness (QED) is 0.788. The van der Waals surface area contributed by atoms with E-state index in [1.54, 1.807) is 20.8 Å². The van der Waals surface area contributed by atoms with Crippen LogP contribution < -0.4 is 0 Å². The van der Waals surface area contributed by atoms with Crippen LogP contribution in [0.15, 0.2) is 0 Å². The van der Waals surface area contributed by atoms with Crippen molar-refractivity contribution in [1.29, 1.82) is 0 Å². The van der Waals surface area contributed by atoms with E-state index in [2.05, 4.69) is 0 Å². The third kappa shape index (κ3) is 3.82. The number of alkyl halides is 2. The van der Waals surface area contributed by atoms with Crippen LogP contribution in [0.5, 0.6) is 0 Å². The highest BCUT2D eigenvalue weighted by Crippen LogP contribution is 2.32. The number of rotatable bonds is 1. The van der Waals surface area contributed by atoms with Crippen LogP contribution in [0.4, 0.5) is 13.6 Å². The van der Waals surface area contributed by atoms with Crippen LogP contribution >= 0.6 is 0 Å². The van der Waals surface area contributed by atoms with E-state index in [1.807, 2.05) is 0 Å². The van der Waals surface area contributed by atoms with Gasteiger partial charge >= 0.3 is 12.1 Å². The molecular weight excluding hydrogens is 248 g/mol. The maximum atomic E-state index is 13.1. The fraction of sp³-hybridized carbons (Fsp3) is 0.818. The van der Waals surface area contributed by atoms with Gasteiger partial charge in [0.15, 0.2) is 0 Å². The van der Waals surface area contributed by atoms with E-state index in [0.717, 1.165) is 4.90 Å². The number of ether oxygens (including phenoxy) is 1. The third-order valence-electron chi connectivity index (χ3n) is 2.50. The summed E-state index contributed by atoms with van der Waals surface area (Å²) in [6.07, 6.45) is -2.29. The van der Waals surface area contributed by atoms with Gasteiger partial charge < -0.3 is 9.84 Å². The highest BCUT2D eigenvalue weighted by Gasteiger charge is 2.46. The van der Waals surface area contributed by atoms with Gasteiger partial charge in [-0.2, -0.15) is 0 Å². The Labute approximate surface area is 104 Å². The molecule has 7 heteroatoms. The van der Waals surface area contributed by atoms with E-state index in [0.29, 0.717) is 0 Å². The molecule has 1 amide bonds. The van der Waals surface area contributed by atoms with E-state index >= 15 is 0 Å². The first-order valence-electron chi connectivity index (χ1n) is 5.62. The fourth-order valence-corrected chi connectivity index (χ4v) is 1.69. The van der Waals surface area contributed by atoms with Gasteiger partial charge in [-0.3, -0.25) is 4.90 Å². The molecule has 0 bridgehead atoms. The number of hydrogen-bond acceptors (Lipinski definition) is 3. The maximum absolute atomic E-state index is 13.1. The van der Waals surface area contributed by atoms with Crippen LogP contribution in [-0.4, -0.2) is 46.2 Å². The molecule has 18 heavy (non-hydrogen) atoms. The van der Waals surface area contributed by atoms with Gasteiger partial charge in [0.05, 0.1) is 0 Å². The monoisotopic (exact) mass is 265 g/mol. The molecule has 0 spiro atoms. The second-order valence-corrected chi connectivity index (χ2v) is 5.34. The van der Waals surface area contributed by atoms with E-state index in [4.69, 9.17) is 9.84 Å². The summed E-state index contributed by atoms with van der Waals surface area (Å²) in [5.74, 6) is -4.50. The summed E-state index contributed by atoms with van der Waals surface area (Å²) in [4.78, 5) is 23.5. The molecule has 1 fully saturated rings. The van der Waals surface area contributed by atoms with Crippen molar-refractivity contribution in [1.82, 2.24) is 4.90 Å². The number of amides is 1. The summed E-state index contributed by atoms with van der Waals surface area (Å²) in [6, 6.07) is -1.54. The number of piperidine rings is 1. The highest BCUT2D eigenvalue weighted by molar-refractivity contribution is 5.80. The molecular formula is C11H17F2NO4. The number of carboxylic acids is 1. The van der Waals surface area contributed by atoms with Crippen molar-refractivity contribution in [3.05, 3.63) is 0 Å². The lowest BCUT2D eigenvalue weighted by atomic mass is 9.99. The number of likely N-dealkylation sites (tertiary alicyclic amines) is 1. The lowest BCUT2D eigenvalue weighted by Gasteiger charge is -2.37. The van der Waals surface area contributed by atoms with Gasteiger partial charge in [-0.15, -0.1) is 0 Å². The van der Waals surface area contributed by atoms with Crippen molar-refractivity contribution in [2.45, 2.75) is 51.2 Å². The molecule has 0 radical (unpaired) electrons. The Hall–Kier alpha value is -1.40. The number of aliphatic carboxylic acids is 1. The van der Waals surface area contributed by atoms with Gasteiger partial charge in [0.1, 0.15) is 11.6 Å². The van der Waals surface area contributed by atoms with Crippen LogP contribution in [0.25, 0.3) is 0 Å². The Morgan fingerprint density at radius 3 is 2.39 bits per heavy atom. The second kappa shape index (κ2) is 4.70. The van der Waals surface area contributed by atoms with Crippen molar-refractivity contribution in [2.75, 3.05) is 6.54 Å². The standard InChI is InChI=1S/C11H17F2NO4/c1-10(2,3)18-9(17)14-5-4-11(12,13)6-7(14)8(15)16/h7H,4-6H2,1-3H3,(H,15,16)/t7-/m0/s1. The number of carbonyl (C=O) groups is 2. The molecule has 1 aliphatic heterocycles. The number of hydrogen-bond donors (Lipinski definition) is 1. The lowest BCUT2D eigenvalue weighted by molar-refractivity contribution is -0.152. The van der Waals surface area contributed by atoms with Crippen LogP contribution in [0.3, 0.4) is 0 Å². The normalized spacial score (nSPS) is 23.6. The minimum absolute atomic E-state index is 0.321. The van der Waals surface area contributed by atoms with Crippen LogP contribution in [0.2, 0.25) is 0 Å². The molecule has 0 saturated carbocycles. The lowest BCUT2D eigenvalue weighted by Crippen LogP contribution is -2.54. The highest BCUT2D eigenvalue weighted by atomic mass is 19.3. The zero-order valence-electron chi connectivity index (χ0n) is 10.6. The summed E-state index contributed by atoms with van der Waals surface area (Å²) in [7, 11) is 0. The number of carbonyl (C=O) groups excluding carboxylic acids is 1. The van der Waals surface area contributed by atoms with Crippen molar-refractivity contribution in [2.24, 2.45) is 0 Å². The minimum atomic E-state index is -3.05. The molecule has 1 aliphatic rings. The summed E-state index contributed by atoms with van der Waals surface area (Å²) in [5, 5.41) is 8.91. The average molecular weight is 265 g/mol. The Kier molecular flexibility index (Phi) is 3.83. The van der Waals surface area contributed by atoms with Gasteiger partial charge in [0, 0.05) is 19.4 Å². The largest absolute Gasteiger partial charge is 0.480 e. The zero-order valence-corrected chi connectivity index (χ0v) is 10.6. The minimum Gasteiger partial charge on any atom is -0.480 e. The van der Waals surface area contributed by atoms with Crippen LogP contribution in [0.1, 0.15) is 33.6 Å². The fourth-order valence-electron chi connectivity index (χ4n) is 1.69. The zero-order chi connectivity index (χ0) is 14.1. The maximum Gasteiger partial charge on any atom is 0.411 e. The van der Waals surface area contributed by atoms with Gasteiger partial charge in [0.2, 0.25) is 0 Å². The molecule has 0 unspecified atom stereocenters. The van der Waals surface area contributed by atoms with Gasteiger partial charge in [0.25, 0.3) is 5.92 Å². The molecule has 0 aromatic rings. The van der Waals surface area contributed by atoms with Crippen LogP contribution in [-0.2, 0) is 9.53 Å². The smallest absolute Gasteiger partial charge is 0.411 e. The Morgan fingerprint density at radius 2 is 1.94 bits per heavy atom. The predicted octanol–water partition coefficient (Wildman–Crippen LogP) is 2.11. The molecule has 104 valence electrons. The van der Waals surface area contributed by atoms with Crippen molar-refractivity contribution >= 4 is 12.1 Å². The van der Waals surface area contributed by atoms with Crippen molar-refractivity contribution in [3.63, 3.8) is 0 Å². The summed E-state index contributed by atoms with van der Waals surface area (Å²) in [5.41, 5.74) is -0.792. The molecule has 1 N–H and O–H groups in total. The van der Waals surface area contributed by atoms with Gasteiger partial charge in [-0.1, -0.05) is 0 Å². The third-order valence-corrected chi connectivity index (χ3v) is 2.50. The summed E-state index contributed by atoms with van der Waals surface area (Å²) in [6.45, 7) is 4.55. The number of halogens is 2. The molecule has 0 aromatic heterocycles. The first kappa shape index (κ1) is 14.7. The van der Waals surface area contributed by atoms with E-state index in [-0.39, 0.29) is 6.54 Å². The first-order valence-corrected chi connectivity index (χ1v) is 5.62. The van der Waals surface area contributed by atoms with Gasteiger partial charge in [-0.25, -0.2) is 18.4 Å². The topological polar surface area (TPSA) is 66.8 Å². The summed E-state index contributed by atoms with van der Waals surface area (Å²) >= 11 is 0. The van der Waals surface area contributed by atoms with E-state index < -0.39 is 42.5 Å². The molecule has 0 aliphatic carbocycles. The molecule has 0 aromatic carbocycles. The van der Waals surface area contributed by atoms with Gasteiger partial charge in [-0.05, 0) is 20.8 Å². The molecule has 1 rings (SSSR count). The Morgan fingerprint density at radius 1 is 1.39 bits per heavy atom. The number of carboxylic acid groups (broad SMARTS) is 1. The van der Waals surface area contributed by atoms with Crippen molar-refractivity contribution in [3.8, 4) is 0 Å². The SMILES string of the molecule is CC(C)(C)OC(=O)N1CCC(F)(F)C[C@H]1C(=O)O. The average Bonchev–Trinajstić information content (AvgIpc) is 2.12. The Balaban J connectivity index is 2.81. The predicted molar refractivity (Wildman–Crippen MR) is 58.5 cm³/mol. The van der Waals surface area contributed by atoms with E-state index in [9.17, 15) is 18.4 Å². The van der Waals surface area contributed by atoms with Crippen molar-refractivity contribution < 1.29 is 28.2 Å². The first-order chi connectivity index (χ1) is 8.02. The molecule has 1 saturated heterocycles. The van der Waals surface area contributed by atoms with Crippen LogP contribution in [0, 0.1) is 0 Å². The second-order valence-electron chi connectivity index (χ2n) is 5.34. The molecule has 1 atom stereocenters. The van der Waals surface area contributed by atoms with E-state index in [1.165, 1.54) is 0 Å². The number of nitrogens with zero attached hydrogens (tertiary/aromatic N) is 1. The summed E-state index contributed by atoms with van der Waals surface area (Å²) < 4.78 is 31.3. The molecule has 1 heterocycles.